The van der Waals surface area contributed by atoms with E-state index in [0.29, 0.717) is 11.1 Å². The number of hydrogen-bond acceptors (Lipinski definition) is 3. The van der Waals surface area contributed by atoms with Gasteiger partial charge in [0.25, 0.3) is 0 Å². The SMILES string of the molecule is CCC1(N(C)C(C)=O)C(=O)c2ccccc2C1=O. The Morgan fingerprint density at radius 3 is 1.94 bits per heavy atom. The molecule has 4 heteroatoms. The molecule has 0 bridgehead atoms. The van der Waals surface area contributed by atoms with Crippen LogP contribution < -0.4 is 0 Å². The third kappa shape index (κ3) is 1.35. The first-order valence-electron chi connectivity index (χ1n) is 5.89. The minimum absolute atomic E-state index is 0.275. The standard InChI is InChI=1S/C14H15NO3/c1-4-14(15(3)9(2)16)12(17)10-7-5-6-8-11(10)13(14)18/h5-8H,4H2,1-3H3. The number of ketones is 2. The van der Waals surface area contributed by atoms with Crippen LogP contribution in [0.15, 0.2) is 24.3 Å². The van der Waals surface area contributed by atoms with Crippen LogP contribution >= 0.6 is 0 Å². The minimum atomic E-state index is -1.35. The molecular weight excluding hydrogens is 230 g/mol. The number of rotatable bonds is 2. The van der Waals surface area contributed by atoms with Crippen molar-refractivity contribution in [3.8, 4) is 0 Å². The maximum absolute atomic E-state index is 12.5. The van der Waals surface area contributed by atoms with Crippen molar-refractivity contribution in [2.24, 2.45) is 0 Å². The monoisotopic (exact) mass is 245 g/mol. The van der Waals surface area contributed by atoms with Crippen molar-refractivity contribution in [1.82, 2.24) is 4.90 Å². The summed E-state index contributed by atoms with van der Waals surface area (Å²) in [5.41, 5.74) is -0.523. The lowest BCUT2D eigenvalue weighted by Gasteiger charge is -2.34. The summed E-state index contributed by atoms with van der Waals surface area (Å²) in [7, 11) is 1.51. The van der Waals surface area contributed by atoms with Crippen molar-refractivity contribution in [2.75, 3.05) is 7.05 Å². The molecule has 0 heterocycles. The molecule has 0 N–H and O–H groups in total. The molecule has 0 aromatic heterocycles. The van der Waals surface area contributed by atoms with E-state index in [-0.39, 0.29) is 23.9 Å². The van der Waals surface area contributed by atoms with E-state index in [1.165, 1.54) is 18.9 Å². The fourth-order valence-electron chi connectivity index (χ4n) is 2.56. The lowest BCUT2D eigenvalue weighted by atomic mass is 9.88. The molecule has 0 radical (unpaired) electrons. The Morgan fingerprint density at radius 2 is 1.61 bits per heavy atom. The highest BCUT2D eigenvalue weighted by Crippen LogP contribution is 2.36. The first-order chi connectivity index (χ1) is 8.46. The van der Waals surface area contributed by atoms with Gasteiger partial charge in [0.1, 0.15) is 0 Å². The van der Waals surface area contributed by atoms with Gasteiger partial charge < -0.3 is 4.90 Å². The smallest absolute Gasteiger partial charge is 0.220 e. The maximum Gasteiger partial charge on any atom is 0.220 e. The van der Waals surface area contributed by atoms with Gasteiger partial charge in [0.2, 0.25) is 5.91 Å². The zero-order valence-corrected chi connectivity index (χ0v) is 10.7. The Kier molecular flexibility index (Phi) is 2.81. The molecule has 1 aromatic rings. The van der Waals surface area contributed by atoms with Crippen molar-refractivity contribution < 1.29 is 14.4 Å². The predicted molar refractivity (Wildman–Crippen MR) is 66.6 cm³/mol. The number of carbonyl (C=O) groups is 3. The lowest BCUT2D eigenvalue weighted by Crippen LogP contribution is -2.56. The largest absolute Gasteiger partial charge is 0.326 e. The third-order valence-corrected chi connectivity index (χ3v) is 3.72. The summed E-state index contributed by atoms with van der Waals surface area (Å²) in [6.07, 6.45) is 0.287. The van der Waals surface area contributed by atoms with Gasteiger partial charge in [-0.05, 0) is 6.42 Å². The van der Waals surface area contributed by atoms with Gasteiger partial charge >= 0.3 is 0 Å². The zero-order chi connectivity index (χ0) is 13.5. The van der Waals surface area contributed by atoms with Crippen molar-refractivity contribution in [3.05, 3.63) is 35.4 Å². The number of nitrogens with zero attached hydrogens (tertiary/aromatic N) is 1. The second-order valence-corrected chi connectivity index (χ2v) is 4.50. The highest BCUT2D eigenvalue weighted by Gasteiger charge is 2.55. The van der Waals surface area contributed by atoms with E-state index in [4.69, 9.17) is 0 Å². The van der Waals surface area contributed by atoms with E-state index < -0.39 is 5.54 Å². The van der Waals surface area contributed by atoms with E-state index in [1.807, 2.05) is 0 Å². The van der Waals surface area contributed by atoms with Crippen LogP contribution in [0.3, 0.4) is 0 Å². The summed E-state index contributed by atoms with van der Waals surface area (Å²) in [4.78, 5) is 37.8. The van der Waals surface area contributed by atoms with Gasteiger partial charge in [-0.1, -0.05) is 31.2 Å². The highest BCUT2D eigenvalue weighted by atomic mass is 16.2. The van der Waals surface area contributed by atoms with Gasteiger partial charge in [-0.15, -0.1) is 0 Å². The molecule has 0 atom stereocenters. The fraction of sp³-hybridized carbons (Fsp3) is 0.357. The van der Waals surface area contributed by atoms with E-state index in [2.05, 4.69) is 0 Å². The highest BCUT2D eigenvalue weighted by molar-refractivity contribution is 6.33. The quantitative estimate of drug-likeness (QED) is 0.745. The Morgan fingerprint density at radius 1 is 1.17 bits per heavy atom. The van der Waals surface area contributed by atoms with Crippen LogP contribution in [0.4, 0.5) is 0 Å². The topological polar surface area (TPSA) is 54.5 Å². The van der Waals surface area contributed by atoms with Crippen molar-refractivity contribution in [1.29, 1.82) is 0 Å². The molecule has 0 aliphatic heterocycles. The number of Topliss-reactive ketones (excluding diaryl/α,β-unsaturated/α-hetero) is 2. The van der Waals surface area contributed by atoms with Crippen molar-refractivity contribution >= 4 is 17.5 Å². The lowest BCUT2D eigenvalue weighted by molar-refractivity contribution is -0.130. The number of benzene rings is 1. The second kappa shape index (κ2) is 4.05. The molecule has 1 aliphatic rings. The van der Waals surface area contributed by atoms with Crippen LogP contribution in [-0.2, 0) is 4.79 Å². The van der Waals surface area contributed by atoms with Gasteiger partial charge in [-0.2, -0.15) is 0 Å². The summed E-state index contributed by atoms with van der Waals surface area (Å²) in [6.45, 7) is 3.11. The number of likely N-dealkylation sites (N-methyl/N-ethyl adjacent to an activating group) is 1. The summed E-state index contributed by atoms with van der Waals surface area (Å²) < 4.78 is 0. The molecule has 4 nitrogen and oxygen atoms in total. The average molecular weight is 245 g/mol. The molecule has 0 unspecified atom stereocenters. The maximum atomic E-state index is 12.5. The number of amides is 1. The normalized spacial score (nSPS) is 16.6. The van der Waals surface area contributed by atoms with Crippen LogP contribution in [0, 0.1) is 0 Å². The van der Waals surface area contributed by atoms with Gasteiger partial charge in [-0.25, -0.2) is 0 Å². The molecule has 1 aliphatic carbocycles. The Bertz CT molecular complexity index is 513. The van der Waals surface area contributed by atoms with Crippen LogP contribution in [-0.4, -0.2) is 35.0 Å². The second-order valence-electron chi connectivity index (χ2n) is 4.50. The zero-order valence-electron chi connectivity index (χ0n) is 10.7. The molecule has 1 amide bonds. The molecule has 18 heavy (non-hydrogen) atoms. The Labute approximate surface area is 106 Å². The van der Waals surface area contributed by atoms with Gasteiger partial charge in [0.15, 0.2) is 17.1 Å². The number of fused-ring (bicyclic) bond motifs is 1. The molecule has 0 fully saturated rings. The van der Waals surface area contributed by atoms with Gasteiger partial charge in [0.05, 0.1) is 0 Å². The van der Waals surface area contributed by atoms with E-state index >= 15 is 0 Å². The molecule has 0 spiro atoms. The van der Waals surface area contributed by atoms with Crippen LogP contribution in [0.2, 0.25) is 0 Å². The summed E-state index contributed by atoms with van der Waals surface area (Å²) in [5.74, 6) is -0.835. The van der Waals surface area contributed by atoms with Gasteiger partial charge in [0, 0.05) is 25.1 Å². The molecule has 2 rings (SSSR count). The minimum Gasteiger partial charge on any atom is -0.326 e. The van der Waals surface area contributed by atoms with E-state index in [1.54, 1.807) is 31.2 Å². The Balaban J connectivity index is 2.64. The fourth-order valence-corrected chi connectivity index (χ4v) is 2.56. The first kappa shape index (κ1) is 12.5. The molecule has 1 aromatic carbocycles. The number of carbonyl (C=O) groups excluding carboxylic acids is 3. The molecule has 0 saturated carbocycles. The average Bonchev–Trinajstić information content (AvgIpc) is 2.59. The summed E-state index contributed by atoms with van der Waals surface area (Å²) in [5, 5.41) is 0. The molecule has 0 saturated heterocycles. The Hall–Kier alpha value is -1.97. The van der Waals surface area contributed by atoms with Crippen molar-refractivity contribution in [2.45, 2.75) is 25.8 Å². The molecule has 94 valence electrons. The van der Waals surface area contributed by atoms with Crippen molar-refractivity contribution in [3.63, 3.8) is 0 Å². The van der Waals surface area contributed by atoms with Gasteiger partial charge in [-0.3, -0.25) is 14.4 Å². The van der Waals surface area contributed by atoms with Crippen LogP contribution in [0.25, 0.3) is 0 Å². The molecular formula is C14H15NO3. The third-order valence-electron chi connectivity index (χ3n) is 3.72. The van der Waals surface area contributed by atoms with Crippen LogP contribution in [0.1, 0.15) is 41.0 Å². The summed E-state index contributed by atoms with van der Waals surface area (Å²) >= 11 is 0. The van der Waals surface area contributed by atoms with Crippen LogP contribution in [0.5, 0.6) is 0 Å². The first-order valence-corrected chi connectivity index (χ1v) is 5.89. The van der Waals surface area contributed by atoms with E-state index in [0.717, 1.165) is 0 Å². The van der Waals surface area contributed by atoms with E-state index in [9.17, 15) is 14.4 Å². The summed E-state index contributed by atoms with van der Waals surface area (Å²) in [6, 6.07) is 6.73. The predicted octanol–water partition coefficient (Wildman–Crippen LogP) is 1.69. The number of hydrogen-bond donors (Lipinski definition) is 0.